The summed E-state index contributed by atoms with van der Waals surface area (Å²) in [5.41, 5.74) is 3.79. The lowest BCUT2D eigenvalue weighted by molar-refractivity contribution is 0.215. The standard InChI is InChI=1S/C20H27ClN4/c1-2-24-12-6-7-15(14-24)19-18-10-3-4-11-22-20(18)25(23-19)17-9-5-8-16(21)13-17/h5,8-9,13,15,22H,2-4,6-7,10-12,14H2,1H3. The van der Waals surface area contributed by atoms with Gasteiger partial charge in [0.15, 0.2) is 0 Å². The first-order valence-electron chi connectivity index (χ1n) is 9.60. The molecule has 0 amide bonds. The van der Waals surface area contributed by atoms with Crippen LogP contribution in [0.2, 0.25) is 5.02 Å². The van der Waals surface area contributed by atoms with Crippen LogP contribution in [0.5, 0.6) is 0 Å². The maximum absolute atomic E-state index is 6.24. The lowest BCUT2D eigenvalue weighted by atomic mass is 9.91. The Morgan fingerprint density at radius 2 is 2.20 bits per heavy atom. The molecule has 4 rings (SSSR count). The highest BCUT2D eigenvalue weighted by Gasteiger charge is 2.29. The number of nitrogens with zero attached hydrogens (tertiary/aromatic N) is 3. The highest BCUT2D eigenvalue weighted by molar-refractivity contribution is 6.30. The van der Waals surface area contributed by atoms with Gasteiger partial charge >= 0.3 is 0 Å². The molecule has 0 aliphatic carbocycles. The summed E-state index contributed by atoms with van der Waals surface area (Å²) in [7, 11) is 0. The van der Waals surface area contributed by atoms with Gasteiger partial charge < -0.3 is 10.2 Å². The largest absolute Gasteiger partial charge is 0.370 e. The summed E-state index contributed by atoms with van der Waals surface area (Å²) < 4.78 is 2.09. The van der Waals surface area contributed by atoms with Gasteiger partial charge in [-0.05, 0) is 63.4 Å². The third-order valence-electron chi connectivity index (χ3n) is 5.55. The Morgan fingerprint density at radius 1 is 1.28 bits per heavy atom. The van der Waals surface area contributed by atoms with E-state index in [1.807, 2.05) is 18.2 Å². The minimum absolute atomic E-state index is 0.544. The number of rotatable bonds is 3. The predicted octanol–water partition coefficient (Wildman–Crippen LogP) is 4.47. The van der Waals surface area contributed by atoms with Gasteiger partial charge in [0.1, 0.15) is 5.82 Å². The Balaban J connectivity index is 1.77. The number of benzene rings is 1. The molecule has 1 atom stereocenters. The van der Waals surface area contributed by atoms with Crippen molar-refractivity contribution < 1.29 is 0 Å². The molecule has 0 radical (unpaired) electrons. The molecule has 0 saturated carbocycles. The van der Waals surface area contributed by atoms with Gasteiger partial charge in [-0.25, -0.2) is 4.68 Å². The molecule has 2 aromatic rings. The van der Waals surface area contributed by atoms with Gasteiger partial charge in [0, 0.05) is 29.6 Å². The molecule has 1 unspecified atom stereocenters. The number of likely N-dealkylation sites (N-methyl/N-ethyl adjacent to an activating group) is 1. The van der Waals surface area contributed by atoms with Crippen LogP contribution in [0.15, 0.2) is 24.3 Å². The van der Waals surface area contributed by atoms with Gasteiger partial charge in [-0.15, -0.1) is 0 Å². The maximum Gasteiger partial charge on any atom is 0.133 e. The fraction of sp³-hybridized carbons (Fsp3) is 0.550. The van der Waals surface area contributed by atoms with E-state index in [-0.39, 0.29) is 0 Å². The van der Waals surface area contributed by atoms with Crippen LogP contribution in [0.1, 0.15) is 49.8 Å². The molecule has 0 bridgehead atoms. The van der Waals surface area contributed by atoms with E-state index in [9.17, 15) is 0 Å². The number of nitrogens with one attached hydrogen (secondary N) is 1. The molecule has 1 aromatic heterocycles. The number of anilines is 1. The van der Waals surface area contributed by atoms with Gasteiger partial charge in [-0.3, -0.25) is 0 Å². The van der Waals surface area contributed by atoms with Crippen molar-refractivity contribution in [1.82, 2.24) is 14.7 Å². The molecule has 2 aliphatic heterocycles. The average Bonchev–Trinajstić information content (AvgIpc) is 2.83. The van der Waals surface area contributed by atoms with Crippen LogP contribution < -0.4 is 5.32 Å². The fourth-order valence-corrected chi connectivity index (χ4v) is 4.40. The van der Waals surface area contributed by atoms with Crippen LogP contribution in [-0.4, -0.2) is 40.9 Å². The second-order valence-corrected chi connectivity index (χ2v) is 7.66. The first-order valence-corrected chi connectivity index (χ1v) is 9.98. The Labute approximate surface area is 155 Å². The van der Waals surface area contributed by atoms with Crippen LogP contribution >= 0.6 is 11.6 Å². The normalized spacial score (nSPS) is 21.4. The molecule has 1 saturated heterocycles. The summed E-state index contributed by atoms with van der Waals surface area (Å²) in [5, 5.41) is 9.50. The number of hydrogen-bond donors (Lipinski definition) is 1. The second kappa shape index (κ2) is 7.38. The molecule has 1 fully saturated rings. The van der Waals surface area contributed by atoms with Crippen LogP contribution in [0.4, 0.5) is 5.82 Å². The van der Waals surface area contributed by atoms with E-state index >= 15 is 0 Å². The number of hydrogen-bond acceptors (Lipinski definition) is 3. The van der Waals surface area contributed by atoms with Crippen LogP contribution in [0.25, 0.3) is 5.69 Å². The van der Waals surface area contributed by atoms with Crippen molar-refractivity contribution >= 4 is 17.4 Å². The van der Waals surface area contributed by atoms with E-state index in [1.54, 1.807) is 0 Å². The molecule has 25 heavy (non-hydrogen) atoms. The molecule has 134 valence electrons. The zero-order valence-electron chi connectivity index (χ0n) is 15.0. The van der Waals surface area contributed by atoms with Gasteiger partial charge in [-0.2, -0.15) is 5.10 Å². The molecule has 4 nitrogen and oxygen atoms in total. The number of piperidine rings is 1. The summed E-state index contributed by atoms with van der Waals surface area (Å²) in [4.78, 5) is 2.56. The first-order chi connectivity index (χ1) is 12.3. The maximum atomic E-state index is 6.24. The molecular weight excluding hydrogens is 332 g/mol. The fourth-order valence-electron chi connectivity index (χ4n) is 4.22. The lowest BCUT2D eigenvalue weighted by Gasteiger charge is -2.31. The van der Waals surface area contributed by atoms with Gasteiger partial charge in [0.25, 0.3) is 0 Å². The Kier molecular flexibility index (Phi) is 5.00. The minimum Gasteiger partial charge on any atom is -0.370 e. The Bertz CT molecular complexity index is 739. The smallest absolute Gasteiger partial charge is 0.133 e. The van der Waals surface area contributed by atoms with Crippen molar-refractivity contribution in [3.05, 3.63) is 40.5 Å². The van der Waals surface area contributed by atoms with E-state index in [4.69, 9.17) is 16.7 Å². The van der Waals surface area contributed by atoms with E-state index < -0.39 is 0 Å². The van der Waals surface area contributed by atoms with E-state index in [2.05, 4.69) is 27.9 Å². The second-order valence-electron chi connectivity index (χ2n) is 7.22. The van der Waals surface area contributed by atoms with Crippen molar-refractivity contribution in [2.75, 3.05) is 31.5 Å². The van der Waals surface area contributed by atoms with Crippen molar-refractivity contribution in [3.63, 3.8) is 0 Å². The summed E-state index contributed by atoms with van der Waals surface area (Å²) in [6.07, 6.45) is 6.09. The molecule has 0 spiro atoms. The van der Waals surface area contributed by atoms with Crippen LogP contribution in [0.3, 0.4) is 0 Å². The predicted molar refractivity (Wildman–Crippen MR) is 104 cm³/mol. The molecule has 1 N–H and O–H groups in total. The number of aromatic nitrogens is 2. The van der Waals surface area contributed by atoms with E-state index in [0.717, 1.165) is 36.8 Å². The zero-order chi connectivity index (χ0) is 17.2. The van der Waals surface area contributed by atoms with Crippen molar-refractivity contribution in [2.24, 2.45) is 0 Å². The minimum atomic E-state index is 0.544. The summed E-state index contributed by atoms with van der Waals surface area (Å²) >= 11 is 6.24. The van der Waals surface area contributed by atoms with Gasteiger partial charge in [0.05, 0.1) is 11.4 Å². The zero-order valence-corrected chi connectivity index (χ0v) is 15.7. The Morgan fingerprint density at radius 3 is 3.04 bits per heavy atom. The lowest BCUT2D eigenvalue weighted by Crippen LogP contribution is -2.34. The van der Waals surface area contributed by atoms with Crippen LogP contribution in [0, 0.1) is 0 Å². The first kappa shape index (κ1) is 16.9. The topological polar surface area (TPSA) is 33.1 Å². The number of halogens is 1. The van der Waals surface area contributed by atoms with E-state index in [1.165, 1.54) is 49.3 Å². The summed E-state index contributed by atoms with van der Waals surface area (Å²) in [5.74, 6) is 1.73. The quantitative estimate of drug-likeness (QED) is 0.878. The third kappa shape index (κ3) is 3.42. The Hall–Kier alpha value is -1.52. The molecule has 1 aromatic carbocycles. The highest BCUT2D eigenvalue weighted by atomic mass is 35.5. The molecular formula is C20H27ClN4. The average molecular weight is 359 g/mol. The van der Waals surface area contributed by atoms with Gasteiger partial charge in [0.2, 0.25) is 0 Å². The van der Waals surface area contributed by atoms with Crippen molar-refractivity contribution in [3.8, 4) is 5.69 Å². The number of fused-ring (bicyclic) bond motifs is 1. The summed E-state index contributed by atoms with van der Waals surface area (Å²) in [6.45, 7) is 6.77. The number of likely N-dealkylation sites (tertiary alicyclic amines) is 1. The van der Waals surface area contributed by atoms with E-state index in [0.29, 0.717) is 5.92 Å². The van der Waals surface area contributed by atoms with Crippen molar-refractivity contribution in [1.29, 1.82) is 0 Å². The monoisotopic (exact) mass is 358 g/mol. The van der Waals surface area contributed by atoms with Gasteiger partial charge in [-0.1, -0.05) is 24.6 Å². The highest BCUT2D eigenvalue weighted by Crippen LogP contribution is 2.35. The van der Waals surface area contributed by atoms with Crippen molar-refractivity contribution in [2.45, 2.75) is 44.9 Å². The SMILES string of the molecule is CCN1CCCC(c2nn(-c3cccc(Cl)c3)c3c2CCCCN3)C1. The molecule has 3 heterocycles. The molecule has 5 heteroatoms. The third-order valence-corrected chi connectivity index (χ3v) is 5.79. The summed E-state index contributed by atoms with van der Waals surface area (Å²) in [6, 6.07) is 8.02. The van der Waals surface area contributed by atoms with Crippen LogP contribution in [-0.2, 0) is 6.42 Å². The molecule has 2 aliphatic rings.